The highest BCUT2D eigenvalue weighted by Gasteiger charge is 2.27. The summed E-state index contributed by atoms with van der Waals surface area (Å²) in [6, 6.07) is 9.50. The number of aromatic nitrogens is 1. The van der Waals surface area contributed by atoms with Gasteiger partial charge in [-0.1, -0.05) is 30.0 Å². The van der Waals surface area contributed by atoms with Crippen molar-refractivity contribution in [2.45, 2.75) is 13.0 Å². The maximum atomic E-state index is 11.8. The van der Waals surface area contributed by atoms with Crippen LogP contribution in [0.1, 0.15) is 12.0 Å². The van der Waals surface area contributed by atoms with Crippen molar-refractivity contribution in [3.8, 4) is 0 Å². The first kappa shape index (κ1) is 12.9. The number of carbonyl (C=O) groups is 2. The van der Waals surface area contributed by atoms with E-state index in [1.165, 1.54) is 4.90 Å². The maximum absolute atomic E-state index is 11.8. The predicted octanol–water partition coefficient (Wildman–Crippen LogP) is 2.40. The largest absolute Gasteiger partial charge is 0.383 e. The zero-order valence-corrected chi connectivity index (χ0v) is 11.5. The van der Waals surface area contributed by atoms with Crippen molar-refractivity contribution in [1.29, 1.82) is 0 Å². The van der Waals surface area contributed by atoms with E-state index in [2.05, 4.69) is 4.98 Å². The Balaban J connectivity index is 1.95. The lowest BCUT2D eigenvalue weighted by atomic mass is 10.1. The van der Waals surface area contributed by atoms with Crippen molar-refractivity contribution in [1.82, 2.24) is 9.88 Å². The highest BCUT2D eigenvalue weighted by atomic mass is 32.2. The molecular formula is C14H13N3O2S. The van der Waals surface area contributed by atoms with Gasteiger partial charge in [-0.05, 0) is 12.1 Å². The molecule has 2 amide bonds. The number of anilines is 1. The minimum atomic E-state index is -0.214. The van der Waals surface area contributed by atoms with E-state index in [1.54, 1.807) is 0 Å². The van der Waals surface area contributed by atoms with Gasteiger partial charge in [0.15, 0.2) is 0 Å². The highest BCUT2D eigenvalue weighted by Crippen LogP contribution is 2.24. The van der Waals surface area contributed by atoms with Gasteiger partial charge < -0.3 is 5.73 Å². The molecule has 2 heterocycles. The number of fused-ring (bicyclic) bond motifs is 1. The fourth-order valence-electron chi connectivity index (χ4n) is 2.16. The van der Waals surface area contributed by atoms with Gasteiger partial charge in [0, 0.05) is 23.1 Å². The van der Waals surface area contributed by atoms with Crippen LogP contribution in [0.15, 0.2) is 30.3 Å². The molecule has 1 aromatic carbocycles. The fraction of sp³-hybridized carbons (Fsp3) is 0.214. The number of carbonyl (C=O) groups excluding carboxylic acids is 2. The summed E-state index contributed by atoms with van der Waals surface area (Å²) < 4.78 is 0. The van der Waals surface area contributed by atoms with Crippen LogP contribution in [0, 0.1) is 0 Å². The number of nitrogens with two attached hydrogens (primary N) is 1. The Morgan fingerprint density at radius 2 is 2.10 bits per heavy atom. The van der Waals surface area contributed by atoms with E-state index in [1.807, 2.05) is 30.3 Å². The molecular weight excluding hydrogens is 274 g/mol. The first-order valence-corrected chi connectivity index (χ1v) is 7.25. The van der Waals surface area contributed by atoms with Crippen LogP contribution in [0.3, 0.4) is 0 Å². The standard InChI is InChI=1S/C14H13N3O2S/c15-13-10(7-9-3-1-2-4-11(9)16-13)8-17-12(18)5-6-20-14(17)19/h1-4,7H,5-6,8H2,(H2,15,16). The Morgan fingerprint density at radius 1 is 1.30 bits per heavy atom. The second kappa shape index (κ2) is 5.13. The number of para-hydroxylation sites is 1. The Labute approximate surface area is 120 Å². The van der Waals surface area contributed by atoms with Crippen molar-refractivity contribution < 1.29 is 9.59 Å². The van der Waals surface area contributed by atoms with Gasteiger partial charge in [0.05, 0.1) is 12.1 Å². The molecule has 1 saturated heterocycles. The third-order valence-corrected chi connectivity index (χ3v) is 4.10. The summed E-state index contributed by atoms with van der Waals surface area (Å²) in [7, 11) is 0. The van der Waals surface area contributed by atoms with Crippen molar-refractivity contribution >= 4 is 39.6 Å². The lowest BCUT2D eigenvalue weighted by molar-refractivity contribution is -0.128. The second-order valence-corrected chi connectivity index (χ2v) is 5.62. The van der Waals surface area contributed by atoms with Gasteiger partial charge in [-0.25, -0.2) is 4.98 Å². The summed E-state index contributed by atoms with van der Waals surface area (Å²) in [6.07, 6.45) is 0.386. The summed E-state index contributed by atoms with van der Waals surface area (Å²) in [4.78, 5) is 29.2. The van der Waals surface area contributed by atoms with E-state index in [0.29, 0.717) is 23.6 Å². The van der Waals surface area contributed by atoms with Crippen LogP contribution < -0.4 is 5.73 Å². The van der Waals surface area contributed by atoms with Crippen LogP contribution in [0.2, 0.25) is 0 Å². The molecule has 6 heteroatoms. The van der Waals surface area contributed by atoms with E-state index in [4.69, 9.17) is 5.73 Å². The average molecular weight is 287 g/mol. The lowest BCUT2D eigenvalue weighted by Gasteiger charge is -2.24. The average Bonchev–Trinajstić information content (AvgIpc) is 2.43. The summed E-state index contributed by atoms with van der Waals surface area (Å²) >= 11 is 1.16. The van der Waals surface area contributed by atoms with Crippen molar-refractivity contribution in [2.75, 3.05) is 11.5 Å². The van der Waals surface area contributed by atoms with Crippen LogP contribution in [0.4, 0.5) is 10.6 Å². The molecule has 0 aliphatic carbocycles. The zero-order chi connectivity index (χ0) is 14.1. The zero-order valence-electron chi connectivity index (χ0n) is 10.7. The molecule has 3 rings (SSSR count). The Morgan fingerprint density at radius 3 is 2.90 bits per heavy atom. The molecule has 1 aromatic heterocycles. The number of hydrogen-bond donors (Lipinski definition) is 1. The van der Waals surface area contributed by atoms with Crippen molar-refractivity contribution in [3.05, 3.63) is 35.9 Å². The van der Waals surface area contributed by atoms with Gasteiger partial charge in [-0.2, -0.15) is 0 Å². The lowest BCUT2D eigenvalue weighted by Crippen LogP contribution is -2.37. The summed E-state index contributed by atoms with van der Waals surface area (Å²) in [5.74, 6) is 0.765. The van der Waals surface area contributed by atoms with E-state index in [0.717, 1.165) is 22.7 Å². The van der Waals surface area contributed by atoms with Crippen LogP contribution in [0.25, 0.3) is 10.9 Å². The minimum absolute atomic E-state index is 0.152. The number of nitrogens with zero attached hydrogens (tertiary/aromatic N) is 2. The Bertz CT molecular complexity index is 686. The molecule has 0 bridgehead atoms. The molecule has 102 valence electrons. The molecule has 1 fully saturated rings. The quantitative estimate of drug-likeness (QED) is 0.917. The third kappa shape index (κ3) is 2.34. The normalized spacial score (nSPS) is 15.9. The molecule has 1 aliphatic rings. The molecule has 0 spiro atoms. The van der Waals surface area contributed by atoms with Gasteiger partial charge >= 0.3 is 0 Å². The predicted molar refractivity (Wildman–Crippen MR) is 79.2 cm³/mol. The van der Waals surface area contributed by atoms with Crippen LogP contribution in [-0.4, -0.2) is 26.8 Å². The topological polar surface area (TPSA) is 76.3 Å². The number of imide groups is 1. The number of nitrogen functional groups attached to an aromatic ring is 1. The smallest absolute Gasteiger partial charge is 0.288 e. The number of rotatable bonds is 2. The van der Waals surface area contributed by atoms with Crippen molar-refractivity contribution in [2.24, 2.45) is 0 Å². The number of hydrogen-bond acceptors (Lipinski definition) is 5. The minimum Gasteiger partial charge on any atom is -0.383 e. The van der Waals surface area contributed by atoms with Gasteiger partial charge in [0.2, 0.25) is 5.91 Å². The van der Waals surface area contributed by atoms with Crippen LogP contribution in [-0.2, 0) is 11.3 Å². The number of amides is 2. The van der Waals surface area contributed by atoms with Crippen molar-refractivity contribution in [3.63, 3.8) is 0 Å². The second-order valence-electron chi connectivity index (χ2n) is 4.57. The van der Waals surface area contributed by atoms with E-state index >= 15 is 0 Å². The third-order valence-electron chi connectivity index (χ3n) is 3.23. The number of pyridine rings is 1. The van der Waals surface area contributed by atoms with Gasteiger partial charge in [-0.3, -0.25) is 14.5 Å². The number of thioether (sulfide) groups is 1. The summed E-state index contributed by atoms with van der Waals surface area (Å²) in [5, 5.41) is 0.732. The maximum Gasteiger partial charge on any atom is 0.288 e. The first-order valence-electron chi connectivity index (χ1n) is 6.26. The first-order chi connectivity index (χ1) is 9.65. The SMILES string of the molecule is Nc1nc2ccccc2cc1CN1C(=O)CCSC1=O. The highest BCUT2D eigenvalue weighted by molar-refractivity contribution is 8.13. The molecule has 1 aliphatic heterocycles. The molecule has 20 heavy (non-hydrogen) atoms. The van der Waals surface area contributed by atoms with Gasteiger partial charge in [0.1, 0.15) is 5.82 Å². The van der Waals surface area contributed by atoms with Gasteiger partial charge in [-0.15, -0.1) is 0 Å². The molecule has 0 saturated carbocycles. The van der Waals surface area contributed by atoms with Crippen LogP contribution >= 0.6 is 11.8 Å². The molecule has 2 N–H and O–H groups in total. The van der Waals surface area contributed by atoms with E-state index in [9.17, 15) is 9.59 Å². The van der Waals surface area contributed by atoms with Crippen LogP contribution in [0.5, 0.6) is 0 Å². The summed E-state index contributed by atoms with van der Waals surface area (Å²) in [6.45, 7) is 0.189. The Kier molecular flexibility index (Phi) is 3.31. The molecule has 0 radical (unpaired) electrons. The summed E-state index contributed by atoms with van der Waals surface area (Å²) in [5.41, 5.74) is 7.43. The fourth-order valence-corrected chi connectivity index (χ4v) is 2.94. The Hall–Kier alpha value is -2.08. The van der Waals surface area contributed by atoms with Gasteiger partial charge in [0.25, 0.3) is 5.24 Å². The number of benzene rings is 1. The molecule has 0 unspecified atom stereocenters. The molecule has 5 nitrogen and oxygen atoms in total. The molecule has 2 aromatic rings. The molecule has 0 atom stereocenters. The van der Waals surface area contributed by atoms with E-state index < -0.39 is 0 Å². The van der Waals surface area contributed by atoms with E-state index in [-0.39, 0.29) is 17.7 Å². The monoisotopic (exact) mass is 287 g/mol.